The molecule has 5 nitrogen and oxygen atoms in total. The molecular formula is C20H23ClN2O3S. The highest BCUT2D eigenvalue weighted by molar-refractivity contribution is 7.89. The molecule has 144 valence electrons. The maximum atomic E-state index is 13.0. The maximum absolute atomic E-state index is 13.0. The summed E-state index contributed by atoms with van der Waals surface area (Å²) >= 11 is 5.85. The molecule has 0 spiro atoms. The van der Waals surface area contributed by atoms with Crippen molar-refractivity contribution in [3.8, 4) is 0 Å². The Bertz CT molecular complexity index is 934. The molecule has 1 N–H and O–H groups in total. The summed E-state index contributed by atoms with van der Waals surface area (Å²) in [5, 5.41) is 3.48. The van der Waals surface area contributed by atoms with Crippen LogP contribution in [0.15, 0.2) is 47.4 Å². The predicted molar refractivity (Wildman–Crippen MR) is 107 cm³/mol. The van der Waals surface area contributed by atoms with Crippen molar-refractivity contribution in [3.63, 3.8) is 0 Å². The SMILES string of the molecule is Cc1ccc(C)c(S(=O)(=O)N2CCC(C(=O)Nc3ccc(Cl)cc3)CC2)c1. The lowest BCUT2D eigenvalue weighted by molar-refractivity contribution is -0.120. The van der Waals surface area contributed by atoms with Crippen molar-refractivity contribution >= 4 is 33.2 Å². The van der Waals surface area contributed by atoms with Gasteiger partial charge in [-0.2, -0.15) is 4.31 Å². The minimum Gasteiger partial charge on any atom is -0.326 e. The average molecular weight is 407 g/mol. The first-order valence-corrected chi connectivity index (χ1v) is 10.7. The number of benzene rings is 2. The number of sulfonamides is 1. The molecule has 1 heterocycles. The molecule has 1 fully saturated rings. The number of carbonyl (C=O) groups excluding carboxylic acids is 1. The summed E-state index contributed by atoms with van der Waals surface area (Å²) in [4.78, 5) is 12.8. The van der Waals surface area contributed by atoms with Crippen molar-refractivity contribution in [2.24, 2.45) is 5.92 Å². The van der Waals surface area contributed by atoms with Crippen LogP contribution in [0.2, 0.25) is 5.02 Å². The maximum Gasteiger partial charge on any atom is 0.243 e. The van der Waals surface area contributed by atoms with E-state index in [2.05, 4.69) is 5.32 Å². The number of aryl methyl sites for hydroxylation is 2. The van der Waals surface area contributed by atoms with Crippen LogP contribution in [0.4, 0.5) is 5.69 Å². The van der Waals surface area contributed by atoms with Gasteiger partial charge in [0.05, 0.1) is 4.90 Å². The summed E-state index contributed by atoms with van der Waals surface area (Å²) in [6, 6.07) is 12.4. The highest BCUT2D eigenvalue weighted by Crippen LogP contribution is 2.27. The summed E-state index contributed by atoms with van der Waals surface area (Å²) < 4.78 is 27.4. The van der Waals surface area contributed by atoms with Crippen LogP contribution in [0.25, 0.3) is 0 Å². The smallest absolute Gasteiger partial charge is 0.243 e. The lowest BCUT2D eigenvalue weighted by Crippen LogP contribution is -2.41. The first-order valence-electron chi connectivity index (χ1n) is 8.91. The highest BCUT2D eigenvalue weighted by atomic mass is 35.5. The van der Waals surface area contributed by atoms with E-state index in [1.807, 2.05) is 19.1 Å². The van der Waals surface area contributed by atoms with Crippen molar-refractivity contribution in [2.75, 3.05) is 18.4 Å². The van der Waals surface area contributed by atoms with Gasteiger partial charge in [-0.3, -0.25) is 4.79 Å². The molecule has 0 radical (unpaired) electrons. The van der Waals surface area contributed by atoms with Gasteiger partial charge in [-0.15, -0.1) is 0 Å². The van der Waals surface area contributed by atoms with Crippen molar-refractivity contribution < 1.29 is 13.2 Å². The Balaban J connectivity index is 1.65. The van der Waals surface area contributed by atoms with Crippen LogP contribution >= 0.6 is 11.6 Å². The van der Waals surface area contributed by atoms with Gasteiger partial charge in [0.15, 0.2) is 0 Å². The van der Waals surface area contributed by atoms with Gasteiger partial charge in [-0.25, -0.2) is 8.42 Å². The molecule has 1 amide bonds. The van der Waals surface area contributed by atoms with Crippen molar-refractivity contribution in [1.82, 2.24) is 4.31 Å². The fourth-order valence-electron chi connectivity index (χ4n) is 3.26. The monoisotopic (exact) mass is 406 g/mol. The standard InChI is InChI=1S/C20H23ClN2O3S/c1-14-3-4-15(2)19(13-14)27(25,26)23-11-9-16(10-12-23)20(24)22-18-7-5-17(21)6-8-18/h3-8,13,16H,9-12H2,1-2H3,(H,22,24). The summed E-state index contributed by atoms with van der Waals surface area (Å²) in [6.07, 6.45) is 1.01. The van der Waals surface area contributed by atoms with Crippen LogP contribution in [-0.2, 0) is 14.8 Å². The van der Waals surface area contributed by atoms with Crippen LogP contribution in [0, 0.1) is 19.8 Å². The minimum atomic E-state index is -3.54. The predicted octanol–water partition coefficient (Wildman–Crippen LogP) is 4.00. The molecule has 27 heavy (non-hydrogen) atoms. The molecular weight excluding hydrogens is 384 g/mol. The molecule has 2 aromatic carbocycles. The molecule has 0 bridgehead atoms. The van der Waals surface area contributed by atoms with Crippen LogP contribution in [0.5, 0.6) is 0 Å². The topological polar surface area (TPSA) is 66.5 Å². The van der Waals surface area contributed by atoms with Gasteiger partial charge in [-0.05, 0) is 68.1 Å². The van der Waals surface area contributed by atoms with E-state index in [9.17, 15) is 13.2 Å². The zero-order valence-corrected chi connectivity index (χ0v) is 17.0. The molecule has 0 atom stereocenters. The number of rotatable bonds is 4. The van der Waals surface area contributed by atoms with Crippen molar-refractivity contribution in [3.05, 3.63) is 58.6 Å². The van der Waals surface area contributed by atoms with E-state index < -0.39 is 10.0 Å². The van der Waals surface area contributed by atoms with Gasteiger partial charge < -0.3 is 5.32 Å². The summed E-state index contributed by atoms with van der Waals surface area (Å²) in [7, 11) is -3.54. The van der Waals surface area contributed by atoms with E-state index in [0.29, 0.717) is 41.5 Å². The molecule has 7 heteroatoms. The summed E-state index contributed by atoms with van der Waals surface area (Å²) in [6.45, 7) is 4.37. The zero-order chi connectivity index (χ0) is 19.6. The van der Waals surface area contributed by atoms with Crippen LogP contribution < -0.4 is 5.32 Å². The third-order valence-corrected chi connectivity index (χ3v) is 7.19. The zero-order valence-electron chi connectivity index (χ0n) is 15.4. The van der Waals surface area contributed by atoms with Gasteiger partial charge in [0.1, 0.15) is 0 Å². The molecule has 0 aliphatic carbocycles. The second kappa shape index (κ2) is 8.00. The van der Waals surface area contributed by atoms with Gasteiger partial charge in [-0.1, -0.05) is 23.7 Å². The molecule has 3 rings (SSSR count). The van der Waals surface area contributed by atoms with Gasteiger partial charge in [0, 0.05) is 29.7 Å². The number of nitrogens with one attached hydrogen (secondary N) is 1. The van der Waals surface area contributed by atoms with E-state index in [0.717, 1.165) is 11.1 Å². The summed E-state index contributed by atoms with van der Waals surface area (Å²) in [5.41, 5.74) is 2.34. The third-order valence-electron chi connectivity index (χ3n) is 4.90. The van der Waals surface area contributed by atoms with Crippen LogP contribution in [0.1, 0.15) is 24.0 Å². The third kappa shape index (κ3) is 4.51. The normalized spacial score (nSPS) is 16.3. The van der Waals surface area contributed by atoms with Crippen LogP contribution in [-0.4, -0.2) is 31.7 Å². The van der Waals surface area contributed by atoms with E-state index in [1.54, 1.807) is 37.3 Å². The number of anilines is 1. The quantitative estimate of drug-likeness (QED) is 0.834. The van der Waals surface area contributed by atoms with Gasteiger partial charge in [0.2, 0.25) is 15.9 Å². The second-order valence-corrected chi connectivity index (χ2v) is 9.29. The molecule has 0 saturated carbocycles. The molecule has 1 saturated heterocycles. The second-order valence-electron chi connectivity index (χ2n) is 6.94. The number of nitrogens with zero attached hydrogens (tertiary/aromatic N) is 1. The Hall–Kier alpha value is -1.89. The minimum absolute atomic E-state index is 0.0823. The summed E-state index contributed by atoms with van der Waals surface area (Å²) in [5.74, 6) is -0.285. The Morgan fingerprint density at radius 3 is 2.33 bits per heavy atom. The highest BCUT2D eigenvalue weighted by Gasteiger charge is 2.32. The van der Waals surface area contributed by atoms with E-state index in [4.69, 9.17) is 11.6 Å². The van der Waals surface area contributed by atoms with Crippen molar-refractivity contribution in [1.29, 1.82) is 0 Å². The van der Waals surface area contributed by atoms with Gasteiger partial charge in [0.25, 0.3) is 0 Å². The Morgan fingerprint density at radius 2 is 1.70 bits per heavy atom. The van der Waals surface area contributed by atoms with Crippen LogP contribution in [0.3, 0.4) is 0 Å². The van der Waals surface area contributed by atoms with E-state index >= 15 is 0 Å². The molecule has 0 aromatic heterocycles. The van der Waals surface area contributed by atoms with Crippen molar-refractivity contribution in [2.45, 2.75) is 31.6 Å². The number of amides is 1. The average Bonchev–Trinajstić information content (AvgIpc) is 2.65. The molecule has 0 unspecified atom stereocenters. The van der Waals surface area contributed by atoms with E-state index in [1.165, 1.54) is 4.31 Å². The molecule has 1 aliphatic rings. The molecule has 1 aliphatic heterocycles. The fraction of sp³-hybridized carbons (Fsp3) is 0.350. The largest absolute Gasteiger partial charge is 0.326 e. The first kappa shape index (κ1) is 19.9. The van der Waals surface area contributed by atoms with E-state index in [-0.39, 0.29) is 11.8 Å². The number of halogens is 1. The van der Waals surface area contributed by atoms with Gasteiger partial charge >= 0.3 is 0 Å². The number of hydrogen-bond acceptors (Lipinski definition) is 3. The number of piperidine rings is 1. The Labute approximate surface area is 165 Å². The lowest BCUT2D eigenvalue weighted by Gasteiger charge is -2.31. The fourth-order valence-corrected chi connectivity index (χ4v) is 5.17. The number of carbonyl (C=O) groups is 1. The Kier molecular flexibility index (Phi) is 5.89. The first-order chi connectivity index (χ1) is 12.8. The molecule has 2 aromatic rings. The number of hydrogen-bond donors (Lipinski definition) is 1. The Morgan fingerprint density at radius 1 is 1.07 bits per heavy atom. The lowest BCUT2D eigenvalue weighted by atomic mass is 9.97.